The molecule has 178 valence electrons. The lowest BCUT2D eigenvalue weighted by Crippen LogP contribution is -2.48. The number of nitrogens with zero attached hydrogens (tertiary/aromatic N) is 6. The van der Waals surface area contributed by atoms with Gasteiger partial charge in [0.2, 0.25) is 11.8 Å². The molecule has 0 radical (unpaired) electrons. The molecule has 34 heavy (non-hydrogen) atoms. The number of aromatic nitrogens is 4. The first-order valence-electron chi connectivity index (χ1n) is 11.5. The topological polar surface area (TPSA) is 110 Å². The quantitative estimate of drug-likeness (QED) is 0.600. The number of hydrogen-bond donors (Lipinski definition) is 1. The van der Waals surface area contributed by atoms with Crippen molar-refractivity contribution >= 4 is 11.8 Å². The van der Waals surface area contributed by atoms with Crippen molar-refractivity contribution in [2.24, 2.45) is 5.73 Å². The Morgan fingerprint density at radius 1 is 0.941 bits per heavy atom. The minimum absolute atomic E-state index is 0.109. The van der Waals surface area contributed by atoms with Gasteiger partial charge in [-0.15, -0.1) is 0 Å². The maximum atomic E-state index is 13.1. The number of rotatable bonds is 6. The molecule has 0 saturated carbocycles. The van der Waals surface area contributed by atoms with Crippen molar-refractivity contribution in [2.45, 2.75) is 40.7 Å². The Hall–Kier alpha value is -3.59. The number of aryl methyl sites for hydroxylation is 3. The number of carbonyl (C=O) groups excluding carboxylic acids is 2. The van der Waals surface area contributed by atoms with Crippen LogP contribution in [0.2, 0.25) is 0 Å². The molecule has 2 amide bonds. The van der Waals surface area contributed by atoms with Crippen LogP contribution in [-0.2, 0) is 17.8 Å². The molecule has 3 heterocycles. The van der Waals surface area contributed by atoms with E-state index in [1.807, 2.05) is 50.8 Å². The van der Waals surface area contributed by atoms with Crippen LogP contribution in [0, 0.1) is 27.7 Å². The van der Waals surface area contributed by atoms with E-state index in [1.54, 1.807) is 16.8 Å². The van der Waals surface area contributed by atoms with Crippen molar-refractivity contribution in [2.75, 3.05) is 26.2 Å². The van der Waals surface area contributed by atoms with E-state index in [2.05, 4.69) is 20.0 Å². The maximum Gasteiger partial charge on any atom is 0.251 e. The summed E-state index contributed by atoms with van der Waals surface area (Å²) in [5.41, 5.74) is 11.4. The average Bonchev–Trinajstić information content (AvgIpc) is 3.07. The molecule has 2 aromatic heterocycles. The molecule has 9 nitrogen and oxygen atoms in total. The standard InChI is InChI=1S/C25H31N7O2/c1-16-13-17(2)28-25(27-16)32-19(4)22(18(3)29-32)14-23(33)31-11-9-30(10-12-31)15-20-5-7-21(8-6-20)24(26)34/h5-8,13H,9-12,14-15H2,1-4H3,(H2,26,34). The van der Waals surface area contributed by atoms with Gasteiger partial charge in [0.15, 0.2) is 0 Å². The molecule has 1 aromatic carbocycles. The van der Waals surface area contributed by atoms with Gasteiger partial charge in [0, 0.05) is 60.9 Å². The van der Waals surface area contributed by atoms with E-state index >= 15 is 0 Å². The van der Waals surface area contributed by atoms with E-state index in [0.717, 1.165) is 53.5 Å². The van der Waals surface area contributed by atoms with E-state index in [4.69, 9.17) is 5.73 Å². The average molecular weight is 462 g/mol. The molecule has 3 aromatic rings. The number of piperazine rings is 1. The highest BCUT2D eigenvalue weighted by Gasteiger charge is 2.24. The van der Waals surface area contributed by atoms with Gasteiger partial charge in [-0.3, -0.25) is 14.5 Å². The molecule has 1 saturated heterocycles. The SMILES string of the molecule is Cc1cc(C)nc(-n2nc(C)c(CC(=O)N3CCN(Cc4ccc(C(N)=O)cc4)CC3)c2C)n1. The number of nitrogens with two attached hydrogens (primary N) is 1. The van der Waals surface area contributed by atoms with Crippen molar-refractivity contribution in [1.29, 1.82) is 0 Å². The van der Waals surface area contributed by atoms with E-state index in [1.165, 1.54) is 0 Å². The van der Waals surface area contributed by atoms with Gasteiger partial charge in [0.05, 0.1) is 12.1 Å². The Kier molecular flexibility index (Phi) is 6.74. The molecule has 0 unspecified atom stereocenters. The van der Waals surface area contributed by atoms with Crippen LogP contribution in [0.15, 0.2) is 30.3 Å². The van der Waals surface area contributed by atoms with Crippen molar-refractivity contribution < 1.29 is 9.59 Å². The van der Waals surface area contributed by atoms with Gasteiger partial charge in [-0.05, 0) is 51.5 Å². The highest BCUT2D eigenvalue weighted by Crippen LogP contribution is 2.19. The van der Waals surface area contributed by atoms with Crippen molar-refractivity contribution in [3.05, 3.63) is 69.8 Å². The fourth-order valence-corrected chi connectivity index (χ4v) is 4.38. The number of carbonyl (C=O) groups is 2. The van der Waals surface area contributed by atoms with Gasteiger partial charge in [-0.25, -0.2) is 14.6 Å². The number of amides is 2. The summed E-state index contributed by atoms with van der Waals surface area (Å²) in [6, 6.07) is 9.30. The summed E-state index contributed by atoms with van der Waals surface area (Å²) >= 11 is 0. The first kappa shape index (κ1) is 23.6. The third-order valence-electron chi connectivity index (χ3n) is 6.30. The van der Waals surface area contributed by atoms with Crippen molar-refractivity contribution in [3.63, 3.8) is 0 Å². The first-order chi connectivity index (χ1) is 16.2. The Morgan fingerprint density at radius 2 is 1.56 bits per heavy atom. The highest BCUT2D eigenvalue weighted by molar-refractivity contribution is 5.92. The summed E-state index contributed by atoms with van der Waals surface area (Å²) in [5.74, 6) is 0.225. The van der Waals surface area contributed by atoms with Crippen LogP contribution >= 0.6 is 0 Å². The van der Waals surface area contributed by atoms with Gasteiger partial charge in [0.1, 0.15) is 0 Å². The number of benzene rings is 1. The Bertz CT molecular complexity index is 1190. The Labute approximate surface area is 199 Å². The molecular weight excluding hydrogens is 430 g/mol. The summed E-state index contributed by atoms with van der Waals surface area (Å²) in [4.78, 5) is 37.6. The molecule has 9 heteroatoms. The lowest BCUT2D eigenvalue weighted by molar-refractivity contribution is -0.132. The molecule has 2 N–H and O–H groups in total. The van der Waals surface area contributed by atoms with E-state index < -0.39 is 5.91 Å². The van der Waals surface area contributed by atoms with Crippen LogP contribution in [0.25, 0.3) is 5.95 Å². The highest BCUT2D eigenvalue weighted by atomic mass is 16.2. The third kappa shape index (κ3) is 5.14. The molecule has 0 spiro atoms. The molecule has 4 rings (SSSR count). The van der Waals surface area contributed by atoms with Gasteiger partial charge >= 0.3 is 0 Å². The van der Waals surface area contributed by atoms with Crippen LogP contribution in [0.1, 0.15) is 44.3 Å². The van der Waals surface area contributed by atoms with E-state index in [-0.39, 0.29) is 5.91 Å². The van der Waals surface area contributed by atoms with Gasteiger partial charge < -0.3 is 10.6 Å². The minimum atomic E-state index is -0.420. The first-order valence-corrected chi connectivity index (χ1v) is 11.5. The molecule has 0 bridgehead atoms. The fourth-order valence-electron chi connectivity index (χ4n) is 4.38. The molecular formula is C25H31N7O2. The second-order valence-electron chi connectivity index (χ2n) is 8.91. The van der Waals surface area contributed by atoms with Crippen LogP contribution in [0.4, 0.5) is 0 Å². The summed E-state index contributed by atoms with van der Waals surface area (Å²) in [5, 5.41) is 4.62. The Morgan fingerprint density at radius 3 is 2.15 bits per heavy atom. The van der Waals surface area contributed by atoms with Crippen molar-refractivity contribution in [1.82, 2.24) is 29.5 Å². The largest absolute Gasteiger partial charge is 0.366 e. The maximum absolute atomic E-state index is 13.1. The molecule has 1 aliphatic heterocycles. The monoisotopic (exact) mass is 461 g/mol. The van der Waals surface area contributed by atoms with Gasteiger partial charge in [-0.2, -0.15) is 5.10 Å². The second kappa shape index (κ2) is 9.72. The van der Waals surface area contributed by atoms with Crippen LogP contribution in [0.5, 0.6) is 0 Å². The lowest BCUT2D eigenvalue weighted by atomic mass is 10.1. The fraction of sp³-hybridized carbons (Fsp3) is 0.400. The smallest absolute Gasteiger partial charge is 0.251 e. The molecule has 0 aliphatic carbocycles. The zero-order valence-corrected chi connectivity index (χ0v) is 20.2. The van der Waals surface area contributed by atoms with Crippen LogP contribution < -0.4 is 5.73 Å². The lowest BCUT2D eigenvalue weighted by Gasteiger charge is -2.35. The number of primary amides is 1. The van der Waals surface area contributed by atoms with Crippen molar-refractivity contribution in [3.8, 4) is 5.95 Å². The van der Waals surface area contributed by atoms with E-state index in [0.29, 0.717) is 31.0 Å². The number of hydrogen-bond acceptors (Lipinski definition) is 6. The summed E-state index contributed by atoms with van der Waals surface area (Å²) in [6.07, 6.45) is 0.317. The van der Waals surface area contributed by atoms with Crippen LogP contribution in [-0.4, -0.2) is 67.5 Å². The third-order valence-corrected chi connectivity index (χ3v) is 6.30. The summed E-state index contributed by atoms with van der Waals surface area (Å²) in [7, 11) is 0. The zero-order chi connectivity index (χ0) is 24.4. The van der Waals surface area contributed by atoms with Crippen LogP contribution in [0.3, 0.4) is 0 Å². The predicted octanol–water partition coefficient (Wildman–Crippen LogP) is 1.88. The second-order valence-corrected chi connectivity index (χ2v) is 8.91. The Balaban J connectivity index is 1.37. The van der Waals surface area contributed by atoms with Gasteiger partial charge in [-0.1, -0.05) is 12.1 Å². The van der Waals surface area contributed by atoms with E-state index in [9.17, 15) is 9.59 Å². The normalized spacial score (nSPS) is 14.4. The molecule has 0 atom stereocenters. The summed E-state index contributed by atoms with van der Waals surface area (Å²) in [6.45, 7) is 11.5. The minimum Gasteiger partial charge on any atom is -0.366 e. The molecule has 1 fully saturated rings. The van der Waals surface area contributed by atoms with Gasteiger partial charge in [0.25, 0.3) is 5.95 Å². The predicted molar refractivity (Wildman–Crippen MR) is 129 cm³/mol. The molecule has 1 aliphatic rings. The summed E-state index contributed by atoms with van der Waals surface area (Å²) < 4.78 is 1.74. The zero-order valence-electron chi connectivity index (χ0n) is 20.2.